The fourth-order valence-electron chi connectivity index (χ4n) is 4.91. The third kappa shape index (κ3) is 4.56. The monoisotopic (exact) mass is 499 g/mol. The number of sulfonamides is 1. The molecule has 0 atom stereocenters. The maximum absolute atomic E-state index is 13.2. The summed E-state index contributed by atoms with van der Waals surface area (Å²) in [4.78, 5) is 20.2. The second kappa shape index (κ2) is 9.64. The van der Waals surface area contributed by atoms with Gasteiger partial charge in [0.25, 0.3) is 0 Å². The largest absolute Gasteiger partial charge is 0.497 e. The lowest BCUT2D eigenvalue weighted by Crippen LogP contribution is -2.46. The van der Waals surface area contributed by atoms with Crippen LogP contribution in [0.5, 0.6) is 5.75 Å². The van der Waals surface area contributed by atoms with Crippen molar-refractivity contribution in [1.29, 1.82) is 0 Å². The first-order valence-electron chi connectivity index (χ1n) is 11.7. The molecular formula is C25H29N3O4S2. The van der Waals surface area contributed by atoms with E-state index in [4.69, 9.17) is 9.72 Å². The van der Waals surface area contributed by atoms with E-state index in [9.17, 15) is 13.2 Å². The van der Waals surface area contributed by atoms with Gasteiger partial charge in [0.05, 0.1) is 27.2 Å². The molecule has 180 valence electrons. The fourth-order valence-corrected chi connectivity index (χ4v) is 7.52. The van der Waals surface area contributed by atoms with Gasteiger partial charge in [-0.15, -0.1) is 11.3 Å². The van der Waals surface area contributed by atoms with Crippen molar-refractivity contribution in [2.24, 2.45) is 5.92 Å². The zero-order valence-corrected chi connectivity index (χ0v) is 20.9. The number of para-hydroxylation sites is 1. The molecule has 1 aromatic heterocycles. The number of thiazole rings is 1. The minimum atomic E-state index is -3.56. The molecule has 2 fully saturated rings. The standard InChI is InChI=1S/C25H29N3O4S2/c1-32-20-6-8-21(9-7-20)34(30,31)28-16-12-19(13-17-28)25(29)27-14-10-18(11-15-27)24-26-22-4-2-3-5-23(22)33-24/h2-9,18-19H,10-17H2,1H3. The number of amides is 1. The Morgan fingerprint density at radius 3 is 2.29 bits per heavy atom. The quantitative estimate of drug-likeness (QED) is 0.528. The molecule has 0 unspecified atom stereocenters. The average Bonchev–Trinajstić information content (AvgIpc) is 3.33. The van der Waals surface area contributed by atoms with Crippen molar-refractivity contribution < 1.29 is 17.9 Å². The summed E-state index contributed by atoms with van der Waals surface area (Å²) in [5.74, 6) is 1.08. The van der Waals surface area contributed by atoms with E-state index in [0.29, 0.717) is 37.6 Å². The summed E-state index contributed by atoms with van der Waals surface area (Å²) in [5, 5.41) is 1.17. The molecule has 2 aliphatic rings. The first-order chi connectivity index (χ1) is 16.5. The van der Waals surface area contributed by atoms with Crippen LogP contribution in [0.3, 0.4) is 0 Å². The predicted molar refractivity (Wildman–Crippen MR) is 133 cm³/mol. The number of ether oxygens (including phenoxy) is 1. The van der Waals surface area contributed by atoms with Gasteiger partial charge in [-0.25, -0.2) is 13.4 Å². The van der Waals surface area contributed by atoms with E-state index in [1.165, 1.54) is 14.0 Å². The number of rotatable bonds is 5. The van der Waals surface area contributed by atoms with Crippen LogP contribution in [-0.4, -0.2) is 61.8 Å². The molecule has 0 radical (unpaired) electrons. The van der Waals surface area contributed by atoms with Crippen molar-refractivity contribution in [3.8, 4) is 5.75 Å². The van der Waals surface area contributed by atoms with Crippen LogP contribution in [0.1, 0.15) is 36.6 Å². The Balaban J connectivity index is 1.15. The molecule has 5 rings (SSSR count). The molecule has 0 aliphatic carbocycles. The lowest BCUT2D eigenvalue weighted by atomic mass is 9.93. The van der Waals surface area contributed by atoms with Crippen molar-refractivity contribution >= 4 is 37.5 Å². The van der Waals surface area contributed by atoms with Crippen LogP contribution >= 0.6 is 11.3 Å². The SMILES string of the molecule is COc1ccc(S(=O)(=O)N2CCC(C(=O)N3CCC(c4nc5ccccc5s4)CC3)CC2)cc1. The number of aromatic nitrogens is 1. The second-order valence-corrected chi connectivity index (χ2v) is 12.0. The van der Waals surface area contributed by atoms with E-state index in [1.54, 1.807) is 42.7 Å². The van der Waals surface area contributed by atoms with Gasteiger partial charge in [0.2, 0.25) is 15.9 Å². The van der Waals surface area contributed by atoms with E-state index in [-0.39, 0.29) is 16.7 Å². The third-order valence-corrected chi connectivity index (χ3v) is 10.1. The van der Waals surface area contributed by atoms with E-state index < -0.39 is 10.0 Å². The van der Waals surface area contributed by atoms with Crippen LogP contribution in [0.15, 0.2) is 53.4 Å². The number of fused-ring (bicyclic) bond motifs is 1. The van der Waals surface area contributed by atoms with Crippen LogP contribution < -0.4 is 4.74 Å². The summed E-state index contributed by atoms with van der Waals surface area (Å²) >= 11 is 1.76. The second-order valence-electron chi connectivity index (χ2n) is 8.97. The van der Waals surface area contributed by atoms with E-state index in [1.807, 2.05) is 17.0 Å². The molecule has 2 aromatic carbocycles. The van der Waals surface area contributed by atoms with Crippen LogP contribution in [0.4, 0.5) is 0 Å². The van der Waals surface area contributed by atoms with Gasteiger partial charge in [0, 0.05) is 38.0 Å². The van der Waals surface area contributed by atoms with Crippen molar-refractivity contribution in [1.82, 2.24) is 14.2 Å². The number of likely N-dealkylation sites (tertiary alicyclic amines) is 1. The summed E-state index contributed by atoms with van der Waals surface area (Å²) in [6.07, 6.45) is 2.98. The Morgan fingerprint density at radius 2 is 1.65 bits per heavy atom. The predicted octanol–water partition coefficient (Wildman–Crippen LogP) is 4.11. The van der Waals surface area contributed by atoms with Crippen molar-refractivity contribution in [3.05, 3.63) is 53.5 Å². The van der Waals surface area contributed by atoms with Crippen molar-refractivity contribution in [2.75, 3.05) is 33.3 Å². The highest BCUT2D eigenvalue weighted by molar-refractivity contribution is 7.89. The molecule has 0 N–H and O–H groups in total. The zero-order valence-electron chi connectivity index (χ0n) is 19.2. The summed E-state index contributed by atoms with van der Waals surface area (Å²) in [6.45, 7) is 2.22. The maximum Gasteiger partial charge on any atom is 0.243 e. The molecule has 2 aliphatic heterocycles. The molecule has 0 bridgehead atoms. The first-order valence-corrected chi connectivity index (χ1v) is 14.0. The summed E-state index contributed by atoms with van der Waals surface area (Å²) < 4.78 is 33.8. The fraction of sp³-hybridized carbons (Fsp3) is 0.440. The van der Waals surface area contributed by atoms with Gasteiger partial charge in [-0.1, -0.05) is 12.1 Å². The molecule has 1 amide bonds. The molecule has 3 aromatic rings. The molecular weight excluding hydrogens is 470 g/mol. The highest BCUT2D eigenvalue weighted by atomic mass is 32.2. The topological polar surface area (TPSA) is 79.8 Å². The molecule has 0 saturated carbocycles. The van der Waals surface area contributed by atoms with Gasteiger partial charge in [0.1, 0.15) is 5.75 Å². The Hall–Kier alpha value is -2.49. The molecule has 0 spiro atoms. The van der Waals surface area contributed by atoms with Crippen molar-refractivity contribution in [2.45, 2.75) is 36.5 Å². The highest BCUT2D eigenvalue weighted by Gasteiger charge is 2.35. The zero-order chi connectivity index (χ0) is 23.7. The van der Waals surface area contributed by atoms with Gasteiger partial charge in [-0.05, 0) is 62.1 Å². The van der Waals surface area contributed by atoms with Gasteiger partial charge < -0.3 is 9.64 Å². The number of carbonyl (C=O) groups is 1. The molecule has 2 saturated heterocycles. The minimum absolute atomic E-state index is 0.110. The van der Waals surface area contributed by atoms with E-state index in [2.05, 4.69) is 12.1 Å². The Kier molecular flexibility index (Phi) is 6.59. The van der Waals surface area contributed by atoms with Gasteiger partial charge >= 0.3 is 0 Å². The Bertz CT molecular complexity index is 1220. The molecule has 9 heteroatoms. The van der Waals surface area contributed by atoms with Crippen LogP contribution in [-0.2, 0) is 14.8 Å². The maximum atomic E-state index is 13.2. The Morgan fingerprint density at radius 1 is 0.971 bits per heavy atom. The van der Waals surface area contributed by atoms with Crippen LogP contribution in [0.25, 0.3) is 10.2 Å². The lowest BCUT2D eigenvalue weighted by molar-refractivity contribution is -0.137. The average molecular weight is 500 g/mol. The number of piperidine rings is 2. The smallest absolute Gasteiger partial charge is 0.243 e. The normalized spacial score (nSPS) is 18.9. The lowest BCUT2D eigenvalue weighted by Gasteiger charge is -2.36. The number of carbonyl (C=O) groups excluding carboxylic acids is 1. The first kappa shape index (κ1) is 23.3. The number of hydrogen-bond acceptors (Lipinski definition) is 6. The molecule has 3 heterocycles. The number of benzene rings is 2. The Labute approximate surface area is 204 Å². The van der Waals surface area contributed by atoms with Gasteiger partial charge in [0.15, 0.2) is 0 Å². The summed E-state index contributed by atoms with van der Waals surface area (Å²) in [5.41, 5.74) is 1.05. The highest BCUT2D eigenvalue weighted by Crippen LogP contribution is 2.35. The van der Waals surface area contributed by atoms with E-state index >= 15 is 0 Å². The molecule has 7 nitrogen and oxygen atoms in total. The summed E-state index contributed by atoms with van der Waals surface area (Å²) in [7, 11) is -2.01. The van der Waals surface area contributed by atoms with Gasteiger partial charge in [-0.2, -0.15) is 4.31 Å². The van der Waals surface area contributed by atoms with Crippen molar-refractivity contribution in [3.63, 3.8) is 0 Å². The minimum Gasteiger partial charge on any atom is -0.497 e. The molecule has 34 heavy (non-hydrogen) atoms. The van der Waals surface area contributed by atoms with E-state index in [0.717, 1.165) is 31.4 Å². The summed E-state index contributed by atoms with van der Waals surface area (Å²) in [6, 6.07) is 14.7. The van der Waals surface area contributed by atoms with Gasteiger partial charge in [-0.3, -0.25) is 4.79 Å². The number of hydrogen-bond donors (Lipinski definition) is 0. The third-order valence-electron chi connectivity index (χ3n) is 6.97. The number of methoxy groups -OCH3 is 1. The van der Waals surface area contributed by atoms with Crippen LogP contribution in [0.2, 0.25) is 0 Å². The number of nitrogens with zero attached hydrogens (tertiary/aromatic N) is 3. The van der Waals surface area contributed by atoms with Crippen LogP contribution in [0, 0.1) is 5.92 Å².